The third-order valence-corrected chi connectivity index (χ3v) is 18.3. The third kappa shape index (κ3) is 24.5. The zero-order valence-electron chi connectivity index (χ0n) is 60.2. The molecule has 0 aliphatic rings. The molecule has 0 aliphatic carbocycles. The predicted molar refractivity (Wildman–Crippen MR) is 453 cm³/mol. The number of carboxylic acid groups (broad SMARTS) is 2. The molecular formula is C80H77BrF5N15O11S5. The Labute approximate surface area is 698 Å². The molecule has 0 amide bonds. The van der Waals surface area contributed by atoms with E-state index >= 15 is 0 Å². The van der Waals surface area contributed by atoms with Crippen molar-refractivity contribution in [2.45, 2.75) is 69.3 Å². The van der Waals surface area contributed by atoms with Crippen molar-refractivity contribution in [2.24, 2.45) is 0 Å². The number of rotatable bonds is 19. The molecule has 3 N–H and O–H groups in total. The van der Waals surface area contributed by atoms with Gasteiger partial charge < -0.3 is 29.7 Å². The summed E-state index contributed by atoms with van der Waals surface area (Å²) in [7, 11) is 0. The van der Waals surface area contributed by atoms with Gasteiger partial charge in [-0.1, -0.05) is 111 Å². The number of aldehydes is 1. The van der Waals surface area contributed by atoms with Crippen molar-refractivity contribution >= 4 is 167 Å². The first kappa shape index (κ1) is 95.5. The first-order valence-electron chi connectivity index (χ1n) is 32.7. The summed E-state index contributed by atoms with van der Waals surface area (Å²) in [5, 5.41) is 27.4. The zero-order chi connectivity index (χ0) is 81.4. The number of hydrogen-bond acceptors (Lipinski definition) is 25. The lowest BCUT2D eigenvalue weighted by Crippen LogP contribution is -2.11. The highest BCUT2D eigenvalue weighted by Crippen LogP contribution is 2.31. The maximum atomic E-state index is 13.2. The molecular weight excluding hydrogens is 1680 g/mol. The minimum atomic E-state index is -1.08. The third-order valence-electron chi connectivity index (χ3n) is 15.1. The van der Waals surface area contributed by atoms with Gasteiger partial charge in [-0.05, 0) is 191 Å². The lowest BCUT2D eigenvalue weighted by Gasteiger charge is -2.09. The number of fused-ring (bicyclic) bond motifs is 4. The average Bonchev–Trinajstić information content (AvgIpc) is 1.65. The van der Waals surface area contributed by atoms with Crippen LogP contribution in [0.1, 0.15) is 95.9 Å². The van der Waals surface area contributed by atoms with Gasteiger partial charge in [0, 0.05) is 81.0 Å². The Bertz CT molecular complexity index is 5650. The fourth-order valence-corrected chi connectivity index (χ4v) is 12.0. The first-order valence-corrected chi connectivity index (χ1v) is 39.9. The number of ether oxygens (including phenoxy) is 3. The van der Waals surface area contributed by atoms with Crippen LogP contribution in [0.3, 0.4) is 0 Å². The molecule has 0 spiro atoms. The number of carboxylic acids is 2. The van der Waals surface area contributed by atoms with Crippen molar-refractivity contribution in [1.82, 2.24) is 68.1 Å². The fraction of sp³-hybridized carbons (Fsp3) is 0.175. The summed E-state index contributed by atoms with van der Waals surface area (Å²) >= 11 is 9.83. The number of anilines is 2. The number of terminal acetylenes is 1. The summed E-state index contributed by atoms with van der Waals surface area (Å²) in [4.78, 5) is 111. The number of esters is 3. The number of halogens is 6. The Morgan fingerprint density at radius 1 is 0.444 bits per heavy atom. The second-order valence-electron chi connectivity index (χ2n) is 22.1. The van der Waals surface area contributed by atoms with E-state index in [2.05, 4.69) is 80.6 Å². The van der Waals surface area contributed by atoms with Crippen LogP contribution < -0.4 is 5.32 Å². The van der Waals surface area contributed by atoms with E-state index in [1.807, 2.05) is 37.4 Å². The average molecular weight is 1760 g/mol. The van der Waals surface area contributed by atoms with Crippen LogP contribution >= 0.6 is 74.7 Å². The van der Waals surface area contributed by atoms with Crippen LogP contribution in [0.25, 0.3) is 66.9 Å². The second kappa shape index (κ2) is 45.9. The normalized spacial score (nSPS) is 10.2. The van der Waals surface area contributed by atoms with E-state index in [1.54, 1.807) is 96.3 Å². The topological polar surface area (TPSA) is 331 Å². The SMILES string of the molecule is C.C.C.C.C#COC(=O)c1cc2cnc(SC)nc2n1-c1ccc(F)cc1.CCOC(=O)CBr.CCOC(=O)c1cc2cnc(SC)nc2n1-c1ccc(F)cc1.CSc1ncc(C=O)c(Nc2ccc(F)cc2)n1.CSc1ncc2cc(C(=O)O)n(-c3ccc(F)cc3)c2n1.CSc1ncc2cc(C(=O)O)n(-c3ccc(F)cc3)c2n1. The Balaban J connectivity index is 0.000000254. The molecule has 0 saturated heterocycles. The Morgan fingerprint density at radius 3 is 1.00 bits per heavy atom. The number of thioether (sulfide) groups is 5. The van der Waals surface area contributed by atoms with Crippen LogP contribution in [-0.2, 0) is 19.0 Å². The Kier molecular flexibility index (Phi) is 37.4. The van der Waals surface area contributed by atoms with Gasteiger partial charge in [-0.15, -0.1) is 0 Å². The molecule has 9 aromatic heterocycles. The highest BCUT2D eigenvalue weighted by molar-refractivity contribution is 9.09. The Morgan fingerprint density at radius 2 is 0.726 bits per heavy atom. The highest BCUT2D eigenvalue weighted by atomic mass is 79.9. The van der Waals surface area contributed by atoms with Crippen molar-refractivity contribution in [1.29, 1.82) is 0 Å². The number of alkyl halides is 1. The van der Waals surface area contributed by atoms with Crippen LogP contribution in [0.2, 0.25) is 0 Å². The van der Waals surface area contributed by atoms with Gasteiger partial charge in [0.1, 0.15) is 91.7 Å². The molecule has 0 fully saturated rings. The molecule has 0 aliphatic heterocycles. The maximum absolute atomic E-state index is 13.2. The highest BCUT2D eigenvalue weighted by Gasteiger charge is 2.24. The van der Waals surface area contributed by atoms with E-state index in [-0.39, 0.29) is 88.5 Å². The molecule has 5 aromatic carbocycles. The summed E-state index contributed by atoms with van der Waals surface area (Å²) in [6, 6.07) is 34.8. The second-order valence-corrected chi connectivity index (χ2v) is 26.5. The van der Waals surface area contributed by atoms with E-state index in [9.17, 15) is 60.9 Å². The number of carbonyl (C=O) groups excluding carboxylic acids is 4. The minimum Gasteiger partial charge on any atom is -0.477 e. The predicted octanol–water partition coefficient (Wildman–Crippen LogP) is 18.8. The fourth-order valence-electron chi connectivity index (χ4n) is 10.1. The van der Waals surface area contributed by atoms with Gasteiger partial charge in [0.05, 0.1) is 18.8 Å². The van der Waals surface area contributed by atoms with E-state index in [1.165, 1.54) is 171 Å². The first-order chi connectivity index (χ1) is 54.5. The Hall–Kier alpha value is -12.1. The molecule has 0 radical (unpaired) electrons. The lowest BCUT2D eigenvalue weighted by atomic mass is 10.3. The van der Waals surface area contributed by atoms with E-state index in [0.717, 1.165) is 5.39 Å². The molecule has 0 saturated carbocycles. The summed E-state index contributed by atoms with van der Waals surface area (Å²) in [5.74, 6) is -4.91. The standard InChI is InChI=1S/C16H14FN3O2S.C16H10FN3O2S.2C14H10FN3O2S.C12H10FN3OS.C4H7BrO2.4CH4/c2*1-3-22-15(21)13-8-10-9-18-16(23-2)19-14(10)20(13)12-6-4-11(17)5-7-12;2*1-21-14-16-7-8-6-11(13(19)20)18(12(8)17-14)10-4-2-9(15)3-5-10;1-18-12-14-6-8(7-17)11(16-12)15-10-4-2-9(13)3-5-10;1-2-7-4(6)3-5;;;;/h4-9H,3H2,1-2H3;1,4-9H,2H3;2*2-7H,1H3,(H,19,20);2-7H,1H3,(H,14,15,16);2-3H2,1H3;4*1H4. The van der Waals surface area contributed by atoms with Crippen molar-refractivity contribution in [2.75, 3.05) is 55.1 Å². The monoisotopic (exact) mass is 1760 g/mol. The van der Waals surface area contributed by atoms with Crippen LogP contribution in [0, 0.1) is 41.6 Å². The summed E-state index contributed by atoms with van der Waals surface area (Å²) in [6.45, 7) is 4.25. The van der Waals surface area contributed by atoms with Crippen LogP contribution in [0.4, 0.5) is 33.5 Å². The number of nitrogens with one attached hydrogen (secondary N) is 1. The number of aromatic nitrogens is 14. The van der Waals surface area contributed by atoms with E-state index in [4.69, 9.17) is 11.2 Å². The number of benzene rings is 5. The van der Waals surface area contributed by atoms with Crippen LogP contribution in [0.15, 0.2) is 202 Å². The smallest absolute Gasteiger partial charge is 0.369 e. The molecule has 117 heavy (non-hydrogen) atoms. The van der Waals surface area contributed by atoms with Crippen LogP contribution in [0.5, 0.6) is 0 Å². The lowest BCUT2D eigenvalue weighted by molar-refractivity contribution is -0.139. The molecule has 9 heterocycles. The van der Waals surface area contributed by atoms with Gasteiger partial charge >= 0.3 is 29.8 Å². The van der Waals surface area contributed by atoms with Gasteiger partial charge in [0.2, 0.25) is 0 Å². The quantitative estimate of drug-likeness (QED) is 0.00989. The number of hydrogen-bond donors (Lipinski definition) is 3. The van der Waals surface area contributed by atoms with Crippen molar-refractivity contribution in [3.8, 4) is 35.3 Å². The molecule has 37 heteroatoms. The van der Waals surface area contributed by atoms with Gasteiger partial charge in [-0.2, -0.15) is 0 Å². The molecule has 26 nitrogen and oxygen atoms in total. The molecule has 0 bridgehead atoms. The van der Waals surface area contributed by atoms with Gasteiger partial charge in [-0.25, -0.2) is 91.0 Å². The molecule has 14 rings (SSSR count). The van der Waals surface area contributed by atoms with Gasteiger partial charge in [-0.3, -0.25) is 27.9 Å². The van der Waals surface area contributed by atoms with Gasteiger partial charge in [0.25, 0.3) is 0 Å². The van der Waals surface area contributed by atoms with Crippen molar-refractivity contribution in [3.05, 3.63) is 234 Å². The molecule has 610 valence electrons. The van der Waals surface area contributed by atoms with Crippen LogP contribution in [-0.4, -0.2) is 164 Å². The summed E-state index contributed by atoms with van der Waals surface area (Å²) in [6.07, 6.45) is 24.7. The molecule has 0 unspecified atom stereocenters. The van der Waals surface area contributed by atoms with Crippen molar-refractivity contribution in [3.63, 3.8) is 0 Å². The summed E-state index contributed by atoms with van der Waals surface area (Å²) < 4.78 is 85.8. The van der Waals surface area contributed by atoms with Gasteiger partial charge in [0.15, 0.2) is 32.1 Å². The minimum absolute atomic E-state index is 0. The van der Waals surface area contributed by atoms with E-state index in [0.29, 0.717) is 128 Å². The summed E-state index contributed by atoms with van der Waals surface area (Å²) in [5.41, 5.74) is 6.00. The maximum Gasteiger partial charge on any atom is 0.369 e. The number of nitrogens with zero attached hydrogens (tertiary/aromatic N) is 14. The zero-order valence-corrected chi connectivity index (χ0v) is 65.8. The number of aromatic carboxylic acids is 2. The largest absolute Gasteiger partial charge is 0.477 e. The number of carbonyl (C=O) groups is 6. The van der Waals surface area contributed by atoms with Crippen molar-refractivity contribution < 1.29 is 75.1 Å². The van der Waals surface area contributed by atoms with E-state index < -0.39 is 23.9 Å². The molecule has 0 atom stereocenters. The molecule has 14 aromatic rings.